The smallest absolute Gasteiger partial charge is 0.478 e. The quantitative estimate of drug-likeness (QED) is 0.138. The Balaban J connectivity index is 0. The lowest BCUT2D eigenvalue weighted by Crippen LogP contribution is -2.69. The van der Waals surface area contributed by atoms with Crippen LogP contribution < -0.4 is 0 Å². The molecule has 0 aliphatic heterocycles. The number of carbonyl (C=O) groups is 1. The van der Waals surface area contributed by atoms with E-state index in [1.165, 1.54) is 0 Å². The van der Waals surface area contributed by atoms with Gasteiger partial charge in [-0.2, -0.15) is 0 Å². The van der Waals surface area contributed by atoms with Gasteiger partial charge in [-0.15, -0.1) is 0 Å². The van der Waals surface area contributed by atoms with E-state index < -0.39 is 81.2 Å². The molecule has 0 bridgehead atoms. The Morgan fingerprint density at radius 2 is 1.05 bits per heavy atom. The van der Waals surface area contributed by atoms with Crippen LogP contribution in [-0.2, 0) is 25.4 Å². The summed E-state index contributed by atoms with van der Waals surface area (Å²) >= 11 is 0. The van der Waals surface area contributed by atoms with Gasteiger partial charge >= 0.3 is 23.6 Å². The molecule has 0 aromatic heterocycles. The van der Waals surface area contributed by atoms with Crippen molar-refractivity contribution in [1.82, 2.24) is 0 Å². The average Bonchev–Trinajstić information content (AvgIpc) is 2.61. The van der Waals surface area contributed by atoms with E-state index in [2.05, 4.69) is 85.1 Å². The maximum atomic E-state index is 11.1. The highest BCUT2D eigenvalue weighted by atomic mass is 28.5. The number of carboxylic acid groups (broad SMARTS) is 1. The molecule has 3 atom stereocenters. The van der Waals surface area contributed by atoms with Crippen molar-refractivity contribution in [2.24, 2.45) is 0 Å². The van der Waals surface area contributed by atoms with Crippen LogP contribution in [0.25, 0.3) is 0 Å². The highest BCUT2D eigenvalue weighted by molar-refractivity contribution is 6.92. The first-order valence-corrected chi connectivity index (χ1v) is 30.6. The van der Waals surface area contributed by atoms with E-state index in [9.17, 15) is 20.1 Å². The van der Waals surface area contributed by atoms with Gasteiger partial charge in [-0.25, -0.2) is 4.79 Å². The fraction of sp³-hybridized carbons (Fsp3) is 0.864. The van der Waals surface area contributed by atoms with Crippen molar-refractivity contribution < 1.29 is 45.8 Å². The second-order valence-electron chi connectivity index (χ2n) is 13.2. The fourth-order valence-corrected chi connectivity index (χ4v) is 27.7. The third kappa shape index (κ3) is 17.8. The van der Waals surface area contributed by atoms with E-state index in [0.29, 0.717) is 6.42 Å². The molecule has 0 aromatic rings. The first-order valence-electron chi connectivity index (χ1n) is 13.0. The Morgan fingerprint density at radius 1 is 0.737 bits per heavy atom. The van der Waals surface area contributed by atoms with E-state index in [1.807, 2.05) is 13.5 Å². The number of rotatable bonds is 16. The van der Waals surface area contributed by atoms with E-state index in [-0.39, 0.29) is 0 Å². The summed E-state index contributed by atoms with van der Waals surface area (Å²) < 4.78 is 33.9. The van der Waals surface area contributed by atoms with Gasteiger partial charge in [0.2, 0.25) is 0 Å². The molecule has 0 aliphatic carbocycles. The largest absolute Gasteiger partial charge is 0.478 e. The van der Waals surface area contributed by atoms with Crippen LogP contribution in [0.4, 0.5) is 0 Å². The molecule has 16 heteroatoms. The molecule has 38 heavy (non-hydrogen) atoms. The summed E-state index contributed by atoms with van der Waals surface area (Å²) in [5, 5.41) is 38.7. The van der Waals surface area contributed by atoms with Crippen LogP contribution in [0.3, 0.4) is 0 Å². The molecule has 0 radical (unpaired) electrons. The van der Waals surface area contributed by atoms with Gasteiger partial charge in [0.15, 0.2) is 33.3 Å². The van der Waals surface area contributed by atoms with Crippen molar-refractivity contribution in [3.05, 3.63) is 12.7 Å². The zero-order valence-electron chi connectivity index (χ0n) is 26.2. The third-order valence-electron chi connectivity index (χ3n) is 4.27. The molecule has 0 heterocycles. The lowest BCUT2D eigenvalue weighted by atomic mass is 10.1. The molecule has 0 spiro atoms. The highest BCUT2D eigenvalue weighted by Crippen LogP contribution is 2.41. The normalized spacial score (nSPS) is 16.2. The zero-order valence-corrected chi connectivity index (χ0v) is 32.2. The summed E-state index contributed by atoms with van der Waals surface area (Å²) in [6.45, 7) is 31.2. The summed E-state index contributed by atoms with van der Waals surface area (Å²) in [5.41, 5.74) is -0.639. The van der Waals surface area contributed by atoms with Crippen molar-refractivity contribution in [1.29, 1.82) is 0 Å². The second kappa shape index (κ2) is 15.4. The molecule has 3 unspecified atom stereocenters. The van der Waals surface area contributed by atoms with Crippen molar-refractivity contribution in [3.63, 3.8) is 0 Å². The highest BCUT2D eigenvalue weighted by Gasteiger charge is 2.62. The van der Waals surface area contributed by atoms with Crippen LogP contribution in [0, 0.1) is 0 Å². The van der Waals surface area contributed by atoms with Crippen LogP contribution >= 0.6 is 0 Å². The Morgan fingerprint density at radius 3 is 1.26 bits per heavy atom. The number of aliphatic hydroxyl groups is 3. The van der Waals surface area contributed by atoms with Gasteiger partial charge in [0.1, 0.15) is 6.10 Å². The SMILES string of the molecule is C=CC(=O)O.CCC(C(O)C(O)CO)[Si](O[Si](C)(C)C)(O[Si](C)(C)C)O[Si](C)(O[Si](C)(C)C)O[Si](C)(C)C. The van der Waals surface area contributed by atoms with E-state index in [4.69, 9.17) is 25.7 Å². The second-order valence-corrected chi connectivity index (χ2v) is 37.9. The monoisotopic (exact) mass is 648 g/mol. The molecule has 0 saturated carbocycles. The number of aliphatic carboxylic acids is 1. The first-order chi connectivity index (χ1) is 16.6. The van der Waals surface area contributed by atoms with Crippen LogP contribution in [0.2, 0.25) is 90.7 Å². The van der Waals surface area contributed by atoms with Gasteiger partial charge < -0.3 is 41.0 Å². The molecule has 4 N–H and O–H groups in total. The van der Waals surface area contributed by atoms with Gasteiger partial charge in [-0.05, 0) is 85.0 Å². The minimum absolute atomic E-state index is 0.448. The predicted molar refractivity (Wildman–Crippen MR) is 167 cm³/mol. The molecule has 0 aliphatic rings. The average molecular weight is 649 g/mol. The van der Waals surface area contributed by atoms with Crippen LogP contribution in [-0.4, -0.2) is 96.1 Å². The molecule has 228 valence electrons. The Kier molecular flexibility index (Phi) is 16.4. The molecule has 10 nitrogen and oxygen atoms in total. The molecule has 0 saturated heterocycles. The van der Waals surface area contributed by atoms with Crippen LogP contribution in [0.1, 0.15) is 13.3 Å². The van der Waals surface area contributed by atoms with Crippen molar-refractivity contribution in [2.75, 3.05) is 6.61 Å². The molecule has 0 rings (SSSR count). The summed E-state index contributed by atoms with van der Waals surface area (Å²) in [6.07, 6.45) is -1.31. The molecule has 0 amide bonds. The summed E-state index contributed by atoms with van der Waals surface area (Å²) in [5.74, 6) is -0.981. The lowest BCUT2D eigenvalue weighted by molar-refractivity contribution is -0.131. The summed E-state index contributed by atoms with van der Waals surface area (Å²) in [7, 11) is -15.7. The number of carboxylic acids is 1. The van der Waals surface area contributed by atoms with Crippen molar-refractivity contribution >= 4 is 56.8 Å². The first kappa shape index (κ1) is 40.3. The molecule has 0 fully saturated rings. The minimum atomic E-state index is -3.71. The summed E-state index contributed by atoms with van der Waals surface area (Å²) in [4.78, 5) is 9.25. The van der Waals surface area contributed by atoms with E-state index in [0.717, 1.165) is 6.08 Å². The van der Waals surface area contributed by atoms with Gasteiger partial charge in [0.25, 0.3) is 0 Å². The van der Waals surface area contributed by atoms with Crippen LogP contribution in [0.5, 0.6) is 0 Å². The maximum absolute atomic E-state index is 11.1. The number of hydrogen-bond acceptors (Lipinski definition) is 9. The molecular formula is C22H56O10Si6. The van der Waals surface area contributed by atoms with Gasteiger partial charge in [0, 0.05) is 12.6 Å². The van der Waals surface area contributed by atoms with E-state index >= 15 is 0 Å². The van der Waals surface area contributed by atoms with Crippen molar-refractivity contribution in [3.8, 4) is 0 Å². The topological polar surface area (TPSA) is 144 Å². The third-order valence-corrected chi connectivity index (χ3v) is 23.6. The predicted octanol–water partition coefficient (Wildman–Crippen LogP) is 4.67. The minimum Gasteiger partial charge on any atom is -0.478 e. The van der Waals surface area contributed by atoms with Gasteiger partial charge in [0.05, 0.1) is 18.3 Å². The lowest BCUT2D eigenvalue weighted by Gasteiger charge is -2.49. The number of hydrogen-bond donors (Lipinski definition) is 4. The Hall–Kier alpha value is 0.191. The fourth-order valence-electron chi connectivity index (χ4n) is 3.65. The maximum Gasteiger partial charge on any atom is 0.478 e. The van der Waals surface area contributed by atoms with Gasteiger partial charge in [-0.1, -0.05) is 13.5 Å². The Labute approximate surface area is 237 Å². The molecule has 0 aromatic carbocycles. The summed E-state index contributed by atoms with van der Waals surface area (Å²) in [6, 6.07) is 0. The van der Waals surface area contributed by atoms with Gasteiger partial charge in [-0.3, -0.25) is 0 Å². The van der Waals surface area contributed by atoms with Crippen molar-refractivity contribution in [2.45, 2.75) is 116 Å². The Bertz CT molecular complexity index is 696. The number of aliphatic hydroxyl groups excluding tert-OH is 3. The van der Waals surface area contributed by atoms with E-state index in [1.54, 1.807) is 0 Å². The zero-order chi connectivity index (χ0) is 31.0. The van der Waals surface area contributed by atoms with Crippen LogP contribution in [0.15, 0.2) is 12.7 Å². The molecular weight excluding hydrogens is 593 g/mol. The standard InChI is InChI=1S/C19H52O8Si6.C3H4O2/c1-15-18(19(22)17(21)16-20)33(25-30(8,9)10,26-31(11,12)13)27-32(14,23-28(2,3)4)24-29(5,6)7;1-2-3(4)5/h17-22H,15-16H2,1-14H3;2H,1H2,(H,4,5).